The van der Waals surface area contributed by atoms with E-state index < -0.39 is 29.3 Å². The predicted octanol–water partition coefficient (Wildman–Crippen LogP) is 5.39. The molecule has 0 bridgehead atoms. The second-order valence-electron chi connectivity index (χ2n) is 8.30. The third-order valence-electron chi connectivity index (χ3n) is 5.21. The number of para-hydroxylation sites is 1. The van der Waals surface area contributed by atoms with Crippen LogP contribution in [0.3, 0.4) is 0 Å². The Hall–Kier alpha value is -2.63. The van der Waals surface area contributed by atoms with Gasteiger partial charge in [-0.2, -0.15) is 0 Å². The van der Waals surface area contributed by atoms with Crippen LogP contribution in [-0.4, -0.2) is 18.2 Å². The van der Waals surface area contributed by atoms with Gasteiger partial charge in [0.2, 0.25) is 0 Å². The van der Waals surface area contributed by atoms with Crippen LogP contribution < -0.4 is 9.47 Å². The Balaban J connectivity index is 1.74. The maximum atomic E-state index is 14.6. The van der Waals surface area contributed by atoms with Crippen molar-refractivity contribution in [3.05, 3.63) is 58.7 Å². The highest BCUT2D eigenvalue weighted by Crippen LogP contribution is 2.36. The van der Waals surface area contributed by atoms with Gasteiger partial charge in [0, 0.05) is 5.56 Å². The molecule has 1 aliphatic heterocycles. The number of ether oxygens (including phenoxy) is 3. The van der Waals surface area contributed by atoms with Crippen LogP contribution >= 0.6 is 0 Å². The largest absolute Gasteiger partial charge is 0.487 e. The van der Waals surface area contributed by atoms with Crippen LogP contribution in [0.1, 0.15) is 50.8 Å². The number of carbonyl (C=O) groups excluding carboxylic acids is 1. The fraction of sp³-hybridized carbons (Fsp3) is 0.458. The van der Waals surface area contributed by atoms with Crippen molar-refractivity contribution in [1.82, 2.24) is 0 Å². The van der Waals surface area contributed by atoms with Gasteiger partial charge in [-0.3, -0.25) is 4.79 Å². The van der Waals surface area contributed by atoms with Gasteiger partial charge in [-0.15, -0.1) is 0 Å². The van der Waals surface area contributed by atoms with Crippen molar-refractivity contribution < 1.29 is 27.8 Å². The summed E-state index contributed by atoms with van der Waals surface area (Å²) >= 11 is 0. The lowest BCUT2D eigenvalue weighted by Gasteiger charge is -2.33. The molecule has 0 saturated carbocycles. The number of hydrogen-bond donors (Lipinski definition) is 0. The highest BCUT2D eigenvalue weighted by molar-refractivity contribution is 5.72. The smallest absolute Gasteiger partial charge is 0.308 e. The molecule has 3 rings (SSSR count). The van der Waals surface area contributed by atoms with Crippen molar-refractivity contribution in [1.29, 1.82) is 0 Å². The van der Waals surface area contributed by atoms with E-state index in [-0.39, 0.29) is 25.2 Å². The zero-order chi connectivity index (χ0) is 21.9. The molecular formula is C24H28F2O4. The average molecular weight is 418 g/mol. The van der Waals surface area contributed by atoms with Gasteiger partial charge in [0.1, 0.15) is 18.0 Å². The first-order chi connectivity index (χ1) is 14.2. The van der Waals surface area contributed by atoms with Gasteiger partial charge in [0.05, 0.1) is 12.5 Å². The molecule has 1 aliphatic rings. The molecule has 0 aromatic heterocycles. The van der Waals surface area contributed by atoms with Gasteiger partial charge in [-0.05, 0) is 63.3 Å². The van der Waals surface area contributed by atoms with Gasteiger partial charge in [0.15, 0.2) is 17.4 Å². The Labute approximate surface area is 176 Å². The molecule has 2 aromatic carbocycles. The summed E-state index contributed by atoms with van der Waals surface area (Å²) in [6.45, 7) is 7.67. The number of carbonyl (C=O) groups is 1. The topological polar surface area (TPSA) is 44.8 Å². The van der Waals surface area contributed by atoms with Crippen LogP contribution in [0, 0.1) is 17.6 Å². The van der Waals surface area contributed by atoms with Crippen molar-refractivity contribution in [2.75, 3.05) is 6.61 Å². The number of halogens is 2. The summed E-state index contributed by atoms with van der Waals surface area (Å²) in [6.07, 6.45) is 1.97. The third kappa shape index (κ3) is 5.10. The van der Waals surface area contributed by atoms with Crippen molar-refractivity contribution in [3.63, 3.8) is 0 Å². The lowest BCUT2D eigenvalue weighted by Crippen LogP contribution is -2.33. The van der Waals surface area contributed by atoms with Crippen LogP contribution in [0.25, 0.3) is 0 Å². The quantitative estimate of drug-likeness (QED) is 0.566. The maximum absolute atomic E-state index is 14.6. The Morgan fingerprint density at radius 3 is 2.60 bits per heavy atom. The monoisotopic (exact) mass is 418 g/mol. The van der Waals surface area contributed by atoms with Crippen LogP contribution in [0.2, 0.25) is 0 Å². The number of fused-ring (bicyclic) bond motifs is 1. The molecular weight excluding hydrogens is 390 g/mol. The minimum absolute atomic E-state index is 0.00827. The van der Waals surface area contributed by atoms with Gasteiger partial charge < -0.3 is 14.2 Å². The van der Waals surface area contributed by atoms with E-state index in [1.165, 1.54) is 12.1 Å². The zero-order valence-corrected chi connectivity index (χ0v) is 17.9. The Morgan fingerprint density at radius 2 is 1.93 bits per heavy atom. The highest BCUT2D eigenvalue weighted by Gasteiger charge is 2.28. The number of esters is 1. The van der Waals surface area contributed by atoms with Crippen LogP contribution in [-0.2, 0) is 29.0 Å². The summed E-state index contributed by atoms with van der Waals surface area (Å²) in [7, 11) is 0. The van der Waals surface area contributed by atoms with Crippen LogP contribution in [0.5, 0.6) is 11.5 Å². The Bertz CT molecular complexity index is 900. The fourth-order valence-corrected chi connectivity index (χ4v) is 3.58. The van der Waals surface area contributed by atoms with Crippen LogP contribution in [0.4, 0.5) is 8.78 Å². The van der Waals surface area contributed by atoms with Gasteiger partial charge in [0.25, 0.3) is 0 Å². The second kappa shape index (κ2) is 9.02. The molecule has 0 aliphatic carbocycles. The fourth-order valence-electron chi connectivity index (χ4n) is 3.58. The van der Waals surface area contributed by atoms with E-state index in [2.05, 4.69) is 0 Å². The first-order valence-corrected chi connectivity index (χ1v) is 10.3. The molecule has 0 saturated heterocycles. The Kier molecular flexibility index (Phi) is 6.64. The van der Waals surface area contributed by atoms with Gasteiger partial charge in [-0.25, -0.2) is 8.78 Å². The molecule has 1 unspecified atom stereocenters. The van der Waals surface area contributed by atoms with Crippen LogP contribution in [0.15, 0.2) is 30.3 Å². The molecule has 6 heteroatoms. The van der Waals surface area contributed by atoms with Crippen molar-refractivity contribution in [2.45, 2.75) is 59.2 Å². The summed E-state index contributed by atoms with van der Waals surface area (Å²) in [5.74, 6) is -2.19. The van der Waals surface area contributed by atoms with Crippen molar-refractivity contribution >= 4 is 5.97 Å². The van der Waals surface area contributed by atoms with E-state index in [1.54, 1.807) is 13.8 Å². The van der Waals surface area contributed by atoms with E-state index in [0.717, 1.165) is 29.7 Å². The minimum Gasteiger partial charge on any atom is -0.487 e. The van der Waals surface area contributed by atoms with Gasteiger partial charge in [-0.1, -0.05) is 25.1 Å². The molecule has 0 N–H and O–H groups in total. The summed E-state index contributed by atoms with van der Waals surface area (Å²) in [4.78, 5) is 11.8. The van der Waals surface area contributed by atoms with E-state index in [1.807, 2.05) is 32.0 Å². The van der Waals surface area contributed by atoms with Crippen molar-refractivity contribution in [2.24, 2.45) is 5.92 Å². The third-order valence-corrected chi connectivity index (χ3v) is 5.21. The molecule has 0 radical (unpaired) electrons. The van der Waals surface area contributed by atoms with E-state index in [0.29, 0.717) is 5.56 Å². The highest BCUT2D eigenvalue weighted by atomic mass is 19.1. The molecule has 162 valence electrons. The number of aryl methyl sites for hydroxylation is 1. The van der Waals surface area contributed by atoms with Crippen molar-refractivity contribution in [3.8, 4) is 11.5 Å². The standard InChI is InChI=1S/C24H28F2O4/c1-5-28-23(27)15(2)11-16-12-19(25)22(20(26)13-16)29-14-18-8-6-7-17-9-10-24(3,4)30-21(17)18/h6-8,12-13,15H,5,9-11,14H2,1-4H3. The summed E-state index contributed by atoms with van der Waals surface area (Å²) < 4.78 is 45.7. The minimum atomic E-state index is -0.799. The SMILES string of the molecule is CCOC(=O)C(C)Cc1cc(F)c(OCc2cccc3c2OC(C)(C)CC3)c(F)c1. The average Bonchev–Trinajstić information content (AvgIpc) is 2.67. The molecule has 0 spiro atoms. The number of benzene rings is 2. The molecule has 1 heterocycles. The summed E-state index contributed by atoms with van der Waals surface area (Å²) in [5.41, 5.74) is 1.90. The number of rotatable bonds is 7. The van der Waals surface area contributed by atoms with Gasteiger partial charge >= 0.3 is 5.97 Å². The van der Waals surface area contributed by atoms with E-state index in [4.69, 9.17) is 14.2 Å². The molecule has 4 nitrogen and oxygen atoms in total. The zero-order valence-electron chi connectivity index (χ0n) is 17.9. The first-order valence-electron chi connectivity index (χ1n) is 10.3. The number of hydrogen-bond acceptors (Lipinski definition) is 4. The Morgan fingerprint density at radius 1 is 1.23 bits per heavy atom. The van der Waals surface area contributed by atoms with E-state index >= 15 is 0 Å². The molecule has 30 heavy (non-hydrogen) atoms. The lowest BCUT2D eigenvalue weighted by atomic mass is 9.93. The van der Waals surface area contributed by atoms with E-state index in [9.17, 15) is 13.6 Å². The predicted molar refractivity (Wildman–Crippen MR) is 110 cm³/mol. The normalized spacial score (nSPS) is 15.7. The molecule has 2 aromatic rings. The molecule has 0 amide bonds. The summed E-state index contributed by atoms with van der Waals surface area (Å²) in [6, 6.07) is 8.13. The molecule has 1 atom stereocenters. The second-order valence-corrected chi connectivity index (χ2v) is 8.30. The first kappa shape index (κ1) is 22.1. The maximum Gasteiger partial charge on any atom is 0.308 e. The molecule has 0 fully saturated rings. The lowest BCUT2D eigenvalue weighted by molar-refractivity contribution is -0.147. The summed E-state index contributed by atoms with van der Waals surface area (Å²) in [5, 5.41) is 0.